The fraction of sp³-hybridized carbons (Fsp3) is 0.647. The summed E-state index contributed by atoms with van der Waals surface area (Å²) in [6, 6.07) is 1.42. The number of nitrogens with one attached hydrogen (secondary N) is 1. The Morgan fingerprint density at radius 1 is 1.45 bits per heavy atom. The van der Waals surface area contributed by atoms with Crippen LogP contribution in [0.5, 0.6) is 0 Å². The Hall–Kier alpha value is -1.49. The van der Waals surface area contributed by atoms with Gasteiger partial charge in [0.2, 0.25) is 0 Å². The quantitative estimate of drug-likeness (QED) is 0.879. The summed E-state index contributed by atoms with van der Waals surface area (Å²) >= 11 is 0. The van der Waals surface area contributed by atoms with Crippen molar-refractivity contribution in [3.8, 4) is 0 Å². The van der Waals surface area contributed by atoms with Crippen LogP contribution in [0.15, 0.2) is 18.5 Å². The summed E-state index contributed by atoms with van der Waals surface area (Å²) in [6.07, 6.45) is 5.93. The molecular formula is C17H26FN3O. The minimum absolute atomic E-state index is 0.0735. The van der Waals surface area contributed by atoms with E-state index in [-0.39, 0.29) is 11.5 Å². The maximum atomic E-state index is 13.5. The molecule has 1 N–H and O–H groups in total. The molecule has 2 heterocycles. The molecule has 5 heteroatoms. The second kappa shape index (κ2) is 8.22. The van der Waals surface area contributed by atoms with Crippen molar-refractivity contribution in [2.45, 2.75) is 33.1 Å². The summed E-state index contributed by atoms with van der Waals surface area (Å²) < 4.78 is 13.5. The number of rotatable bonds is 6. The van der Waals surface area contributed by atoms with Gasteiger partial charge in [0.25, 0.3) is 5.91 Å². The first-order chi connectivity index (χ1) is 10.6. The van der Waals surface area contributed by atoms with Gasteiger partial charge in [0.1, 0.15) is 0 Å². The number of hydrogen-bond donors (Lipinski definition) is 1. The number of aromatic nitrogens is 1. The van der Waals surface area contributed by atoms with Gasteiger partial charge in [-0.1, -0.05) is 13.8 Å². The maximum absolute atomic E-state index is 13.5. The van der Waals surface area contributed by atoms with Gasteiger partial charge in [-0.05, 0) is 56.8 Å². The van der Waals surface area contributed by atoms with Gasteiger partial charge in [-0.25, -0.2) is 4.39 Å². The number of carbonyl (C=O) groups is 1. The van der Waals surface area contributed by atoms with Crippen LogP contribution in [0.1, 0.15) is 43.5 Å². The lowest BCUT2D eigenvalue weighted by Gasteiger charge is -2.32. The molecule has 1 aromatic rings. The van der Waals surface area contributed by atoms with Gasteiger partial charge in [0, 0.05) is 12.7 Å². The first-order valence-corrected chi connectivity index (χ1v) is 8.16. The summed E-state index contributed by atoms with van der Waals surface area (Å²) in [7, 11) is 0. The molecule has 4 nitrogen and oxygen atoms in total. The van der Waals surface area contributed by atoms with E-state index in [1.807, 2.05) is 0 Å². The van der Waals surface area contributed by atoms with Crippen molar-refractivity contribution >= 4 is 5.91 Å². The summed E-state index contributed by atoms with van der Waals surface area (Å²) in [5.41, 5.74) is 0.0735. The SMILES string of the molecule is CC(C)CCN1CCC(CNC(=O)c2ccncc2F)CC1. The summed E-state index contributed by atoms with van der Waals surface area (Å²) in [6.45, 7) is 8.48. The molecule has 0 saturated carbocycles. The first kappa shape index (κ1) is 16.9. The Labute approximate surface area is 132 Å². The van der Waals surface area contributed by atoms with Crippen molar-refractivity contribution in [1.82, 2.24) is 15.2 Å². The third-order valence-corrected chi connectivity index (χ3v) is 4.30. The van der Waals surface area contributed by atoms with E-state index in [2.05, 4.69) is 29.0 Å². The van der Waals surface area contributed by atoms with Gasteiger partial charge in [-0.2, -0.15) is 0 Å². The summed E-state index contributed by atoms with van der Waals surface area (Å²) in [4.78, 5) is 18.1. The lowest BCUT2D eigenvalue weighted by Crippen LogP contribution is -2.39. The Bertz CT molecular complexity index is 485. The second-order valence-electron chi connectivity index (χ2n) is 6.53. The number of halogens is 1. The van der Waals surface area contributed by atoms with Gasteiger partial charge in [0.15, 0.2) is 5.82 Å². The average Bonchev–Trinajstić information content (AvgIpc) is 2.52. The van der Waals surface area contributed by atoms with Crippen LogP contribution < -0.4 is 5.32 Å². The molecule has 1 aromatic heterocycles. The van der Waals surface area contributed by atoms with E-state index in [1.54, 1.807) is 0 Å². The molecule has 1 fully saturated rings. The second-order valence-corrected chi connectivity index (χ2v) is 6.53. The predicted molar refractivity (Wildman–Crippen MR) is 85.1 cm³/mol. The highest BCUT2D eigenvalue weighted by Crippen LogP contribution is 2.17. The number of amides is 1. The number of carbonyl (C=O) groups excluding carboxylic acids is 1. The Morgan fingerprint density at radius 3 is 2.82 bits per heavy atom. The molecule has 1 saturated heterocycles. The van der Waals surface area contributed by atoms with Gasteiger partial charge < -0.3 is 10.2 Å². The van der Waals surface area contributed by atoms with E-state index in [9.17, 15) is 9.18 Å². The smallest absolute Gasteiger partial charge is 0.254 e. The molecule has 0 radical (unpaired) electrons. The van der Waals surface area contributed by atoms with Crippen LogP contribution in [0, 0.1) is 17.7 Å². The Morgan fingerprint density at radius 2 is 2.18 bits per heavy atom. The van der Waals surface area contributed by atoms with Gasteiger partial charge in [0.05, 0.1) is 11.8 Å². The molecule has 1 aliphatic heterocycles. The molecule has 22 heavy (non-hydrogen) atoms. The number of nitrogens with zero attached hydrogens (tertiary/aromatic N) is 2. The minimum atomic E-state index is -0.566. The Balaban J connectivity index is 1.71. The molecule has 122 valence electrons. The fourth-order valence-corrected chi connectivity index (χ4v) is 2.75. The van der Waals surface area contributed by atoms with E-state index < -0.39 is 5.82 Å². The van der Waals surface area contributed by atoms with E-state index in [1.165, 1.54) is 25.2 Å². The zero-order chi connectivity index (χ0) is 15.9. The van der Waals surface area contributed by atoms with E-state index >= 15 is 0 Å². The lowest BCUT2D eigenvalue weighted by molar-refractivity contribution is 0.0931. The van der Waals surface area contributed by atoms with Crippen LogP contribution in [-0.4, -0.2) is 42.0 Å². The molecule has 0 aromatic carbocycles. The monoisotopic (exact) mass is 307 g/mol. The van der Waals surface area contributed by atoms with E-state index in [4.69, 9.17) is 0 Å². The predicted octanol–water partition coefficient (Wildman–Crippen LogP) is 2.71. The topological polar surface area (TPSA) is 45.2 Å². The highest BCUT2D eigenvalue weighted by atomic mass is 19.1. The van der Waals surface area contributed by atoms with E-state index in [0.29, 0.717) is 12.5 Å². The fourth-order valence-electron chi connectivity index (χ4n) is 2.75. The van der Waals surface area contributed by atoms with Crippen LogP contribution in [0.3, 0.4) is 0 Å². The zero-order valence-corrected chi connectivity index (χ0v) is 13.5. The number of pyridine rings is 1. The number of likely N-dealkylation sites (tertiary alicyclic amines) is 1. The van der Waals surface area contributed by atoms with Crippen molar-refractivity contribution in [2.75, 3.05) is 26.2 Å². The van der Waals surface area contributed by atoms with Crippen LogP contribution in [0.4, 0.5) is 4.39 Å². The third kappa shape index (κ3) is 5.05. The van der Waals surface area contributed by atoms with Crippen molar-refractivity contribution in [2.24, 2.45) is 11.8 Å². The maximum Gasteiger partial charge on any atom is 0.254 e. The van der Waals surface area contributed by atoms with Crippen molar-refractivity contribution in [3.63, 3.8) is 0 Å². The van der Waals surface area contributed by atoms with Gasteiger partial charge in [-0.15, -0.1) is 0 Å². The molecular weight excluding hydrogens is 281 g/mol. The minimum Gasteiger partial charge on any atom is -0.352 e. The van der Waals surface area contributed by atoms with Crippen molar-refractivity contribution in [3.05, 3.63) is 29.8 Å². The largest absolute Gasteiger partial charge is 0.352 e. The van der Waals surface area contributed by atoms with Gasteiger partial charge >= 0.3 is 0 Å². The molecule has 1 amide bonds. The number of piperidine rings is 1. The summed E-state index contributed by atoms with van der Waals surface area (Å²) in [5, 5.41) is 2.85. The van der Waals surface area contributed by atoms with Crippen LogP contribution in [-0.2, 0) is 0 Å². The average molecular weight is 307 g/mol. The Kier molecular flexibility index (Phi) is 6.31. The molecule has 0 bridgehead atoms. The lowest BCUT2D eigenvalue weighted by atomic mass is 9.96. The summed E-state index contributed by atoms with van der Waals surface area (Å²) in [5.74, 6) is 0.321. The highest BCUT2D eigenvalue weighted by molar-refractivity contribution is 5.94. The van der Waals surface area contributed by atoms with Crippen molar-refractivity contribution in [1.29, 1.82) is 0 Å². The molecule has 0 aliphatic carbocycles. The number of hydrogen-bond acceptors (Lipinski definition) is 3. The standard InChI is InChI=1S/C17H26FN3O/c1-13(2)4-8-21-9-5-14(6-10-21)11-20-17(22)15-3-7-19-12-16(15)18/h3,7,12-14H,4-6,8-11H2,1-2H3,(H,20,22). The van der Waals surface area contributed by atoms with E-state index in [0.717, 1.165) is 38.0 Å². The van der Waals surface area contributed by atoms with Crippen LogP contribution in [0.2, 0.25) is 0 Å². The molecule has 1 aliphatic rings. The molecule has 0 unspecified atom stereocenters. The van der Waals surface area contributed by atoms with Crippen LogP contribution >= 0.6 is 0 Å². The zero-order valence-electron chi connectivity index (χ0n) is 13.5. The van der Waals surface area contributed by atoms with Crippen molar-refractivity contribution < 1.29 is 9.18 Å². The van der Waals surface area contributed by atoms with Crippen LogP contribution in [0.25, 0.3) is 0 Å². The molecule has 0 atom stereocenters. The normalized spacial score (nSPS) is 16.9. The highest BCUT2D eigenvalue weighted by Gasteiger charge is 2.20. The first-order valence-electron chi connectivity index (χ1n) is 8.16. The molecule has 0 spiro atoms. The molecule has 2 rings (SSSR count). The third-order valence-electron chi connectivity index (χ3n) is 4.30. The van der Waals surface area contributed by atoms with Gasteiger partial charge in [-0.3, -0.25) is 9.78 Å².